The molecule has 316 valence electrons. The number of hydrogen-bond donors (Lipinski definition) is 6. The summed E-state index contributed by atoms with van der Waals surface area (Å²) in [6.45, 7) is 10.1. The van der Waals surface area contributed by atoms with E-state index < -0.39 is 73.1 Å². The van der Waals surface area contributed by atoms with Crippen molar-refractivity contribution in [3.63, 3.8) is 0 Å². The predicted molar refractivity (Wildman–Crippen MR) is 205 cm³/mol. The second-order valence-electron chi connectivity index (χ2n) is 18.1. The number of benzene rings is 1. The summed E-state index contributed by atoms with van der Waals surface area (Å²) in [6.07, 6.45) is -1.89. The highest BCUT2D eigenvalue weighted by molar-refractivity contribution is 5.91. The van der Waals surface area contributed by atoms with Gasteiger partial charge in [0.05, 0.1) is 57.9 Å². The van der Waals surface area contributed by atoms with Crippen LogP contribution in [0.2, 0.25) is 0 Å². The molecule has 13 nitrogen and oxygen atoms in total. The first-order chi connectivity index (χ1) is 26.5. The lowest BCUT2D eigenvalue weighted by Gasteiger charge is -2.63. The second-order valence-corrected chi connectivity index (χ2v) is 18.1. The molecular formula is C43H66O13. The van der Waals surface area contributed by atoms with Crippen LogP contribution >= 0.6 is 0 Å². The van der Waals surface area contributed by atoms with Crippen LogP contribution in [-0.2, 0) is 14.2 Å². The zero-order chi connectivity index (χ0) is 40.9. The third-order valence-electron chi connectivity index (χ3n) is 15.0. The number of carbonyl (C=O) groups is 1. The van der Waals surface area contributed by atoms with E-state index in [1.54, 1.807) is 0 Å². The van der Waals surface area contributed by atoms with Crippen LogP contribution in [-0.4, -0.2) is 120 Å². The zero-order valence-corrected chi connectivity index (χ0v) is 34.3. The predicted octanol–water partition coefficient (Wildman–Crippen LogP) is 4.02. The van der Waals surface area contributed by atoms with Gasteiger partial charge in [0, 0.05) is 6.42 Å². The first-order valence-corrected chi connectivity index (χ1v) is 20.5. The molecule has 6 N–H and O–H groups in total. The van der Waals surface area contributed by atoms with Gasteiger partial charge in [-0.05, 0) is 117 Å². The van der Waals surface area contributed by atoms with Crippen LogP contribution in [0.3, 0.4) is 0 Å². The number of allylic oxidation sites excluding steroid dienone is 1. The Morgan fingerprint density at radius 1 is 0.946 bits per heavy atom. The topological polar surface area (TPSA) is 194 Å². The van der Waals surface area contributed by atoms with Crippen molar-refractivity contribution >= 4 is 5.97 Å². The van der Waals surface area contributed by atoms with Crippen molar-refractivity contribution in [3.8, 4) is 17.2 Å². The van der Waals surface area contributed by atoms with E-state index in [2.05, 4.69) is 26.8 Å². The Bertz CT molecular complexity index is 1540. The highest BCUT2D eigenvalue weighted by Gasteiger charge is 2.65. The van der Waals surface area contributed by atoms with Gasteiger partial charge in [0.15, 0.2) is 23.9 Å². The first kappa shape index (κ1) is 43.1. The summed E-state index contributed by atoms with van der Waals surface area (Å²) >= 11 is 0. The number of rotatable bonds is 12. The fraction of sp³-hybridized carbons (Fsp3) is 0.791. The summed E-state index contributed by atoms with van der Waals surface area (Å²) in [4.78, 5) is 13.8. The van der Waals surface area contributed by atoms with E-state index in [0.29, 0.717) is 19.3 Å². The Hall–Kier alpha value is -2.49. The Balaban J connectivity index is 1.28. The summed E-state index contributed by atoms with van der Waals surface area (Å²) in [6, 6.07) is 2.83. The number of esters is 1. The average Bonchev–Trinajstić information content (AvgIpc) is 3.45. The van der Waals surface area contributed by atoms with E-state index in [1.807, 2.05) is 13.8 Å². The molecular weight excluding hydrogens is 724 g/mol. The average molecular weight is 791 g/mol. The van der Waals surface area contributed by atoms with Gasteiger partial charge in [-0.25, -0.2) is 4.79 Å². The fourth-order valence-corrected chi connectivity index (χ4v) is 12.1. The normalized spacial score (nSPS) is 41.6. The number of aliphatic hydroxyl groups is 6. The maximum absolute atomic E-state index is 13.8. The molecule has 0 bridgehead atoms. The quantitative estimate of drug-likeness (QED) is 0.132. The Labute approximate surface area is 331 Å². The zero-order valence-electron chi connectivity index (χ0n) is 34.3. The maximum atomic E-state index is 13.8. The second kappa shape index (κ2) is 17.0. The van der Waals surface area contributed by atoms with Crippen molar-refractivity contribution in [2.45, 2.75) is 141 Å². The van der Waals surface area contributed by atoms with Crippen LogP contribution < -0.4 is 14.2 Å². The fourth-order valence-electron chi connectivity index (χ4n) is 12.1. The van der Waals surface area contributed by atoms with Crippen molar-refractivity contribution < 1.29 is 63.9 Å². The molecule has 1 saturated heterocycles. The number of hydrogen-bond acceptors (Lipinski definition) is 13. The lowest BCUT2D eigenvalue weighted by atomic mass is 9.43. The summed E-state index contributed by atoms with van der Waals surface area (Å²) in [5.74, 6) is 0.521. The summed E-state index contributed by atoms with van der Waals surface area (Å²) < 4.78 is 35.1. The molecule has 1 aromatic rings. The molecule has 17 atom stereocenters. The summed E-state index contributed by atoms with van der Waals surface area (Å²) in [5, 5.41) is 66.8. The first-order valence-electron chi connectivity index (χ1n) is 20.5. The van der Waals surface area contributed by atoms with Crippen LogP contribution in [0, 0.1) is 46.3 Å². The number of fused-ring (bicyclic) bond motifs is 5. The molecule has 0 spiro atoms. The minimum atomic E-state index is -1.67. The molecule has 0 aromatic heterocycles. The van der Waals surface area contributed by atoms with Gasteiger partial charge in [-0.15, -0.1) is 0 Å². The highest BCUT2D eigenvalue weighted by Crippen LogP contribution is 2.69. The smallest absolute Gasteiger partial charge is 0.338 e. The molecule has 56 heavy (non-hydrogen) atoms. The minimum absolute atomic E-state index is 0.0283. The third-order valence-corrected chi connectivity index (χ3v) is 15.0. The van der Waals surface area contributed by atoms with Gasteiger partial charge in [0.2, 0.25) is 5.75 Å². The van der Waals surface area contributed by atoms with E-state index in [0.717, 1.165) is 31.3 Å². The summed E-state index contributed by atoms with van der Waals surface area (Å²) in [5.41, 5.74) is 0.574. The van der Waals surface area contributed by atoms with E-state index in [-0.39, 0.29) is 70.2 Å². The van der Waals surface area contributed by atoms with Crippen LogP contribution in [0.5, 0.6) is 17.2 Å². The monoisotopic (exact) mass is 790 g/mol. The Morgan fingerprint density at radius 2 is 1.62 bits per heavy atom. The Kier molecular flexibility index (Phi) is 13.1. The molecule has 13 heteroatoms. The largest absolute Gasteiger partial charge is 0.493 e. The highest BCUT2D eigenvalue weighted by atomic mass is 16.7. The van der Waals surface area contributed by atoms with E-state index in [4.69, 9.17) is 28.4 Å². The lowest BCUT2D eigenvalue weighted by Crippen LogP contribution is -2.64. The molecule has 0 amide bonds. The molecule has 6 rings (SSSR count). The molecule has 0 unspecified atom stereocenters. The van der Waals surface area contributed by atoms with E-state index >= 15 is 0 Å². The summed E-state index contributed by atoms with van der Waals surface area (Å²) in [7, 11) is 4.28. The van der Waals surface area contributed by atoms with Gasteiger partial charge < -0.3 is 59.1 Å². The van der Waals surface area contributed by atoms with Gasteiger partial charge >= 0.3 is 5.97 Å². The number of methoxy groups -OCH3 is 3. The molecule has 1 heterocycles. The van der Waals surface area contributed by atoms with Crippen LogP contribution in [0.25, 0.3) is 0 Å². The third kappa shape index (κ3) is 7.60. The lowest BCUT2D eigenvalue weighted by molar-refractivity contribution is -0.332. The van der Waals surface area contributed by atoms with Gasteiger partial charge in [-0.2, -0.15) is 0 Å². The SMILES string of the molecule is COc1cc(C(=O)O[C@H]2[C@H](O[C@@H]3C[C@H](O)C[C@@H]4CC[C@H]5[C@@H]6C[C@H](O)[C@H]([C@H](C)[C@@H](O)CC=C(C)C)[C@@]6(C)CC[C@@H]5[C@]43C)O[C@H](CO)[C@@H](O)[C@@H]2O)cc(OC)c1OC. The van der Waals surface area contributed by atoms with Crippen molar-refractivity contribution in [3.05, 3.63) is 29.3 Å². The maximum Gasteiger partial charge on any atom is 0.338 e. The molecule has 4 aliphatic carbocycles. The molecule has 4 saturated carbocycles. The van der Waals surface area contributed by atoms with Crippen molar-refractivity contribution in [2.75, 3.05) is 27.9 Å². The molecule has 0 radical (unpaired) electrons. The van der Waals surface area contributed by atoms with Crippen LogP contribution in [0.15, 0.2) is 23.8 Å². The standard InChI is InChI=1S/C43H66O13/c1-21(2)9-12-29(46)22(3)35-30(47)19-28-26-11-10-24-17-25(45)18-34(43(24,5)27(26)13-14-42(28,35)4)55-41-39(37(49)36(48)33(20-44)54-41)56-40(50)23-15-31(51-6)38(53-8)32(16-23)52-7/h9,15-16,22,24-30,33-37,39,41,44-49H,10-14,17-20H2,1-8H3/t22-,24+,25-,26-,27+,28+,29+,30+,33-,34-,35+,36-,37+,39-,41+,42+,43+/m1/s1. The molecule has 1 aromatic carbocycles. The van der Waals surface area contributed by atoms with Crippen LogP contribution in [0.1, 0.15) is 96.3 Å². The minimum Gasteiger partial charge on any atom is -0.493 e. The number of carbonyl (C=O) groups excluding carboxylic acids is 1. The van der Waals surface area contributed by atoms with E-state index in [1.165, 1.54) is 33.5 Å². The van der Waals surface area contributed by atoms with Gasteiger partial charge in [0.25, 0.3) is 0 Å². The van der Waals surface area contributed by atoms with E-state index in [9.17, 15) is 35.4 Å². The molecule has 5 aliphatic rings. The van der Waals surface area contributed by atoms with Gasteiger partial charge in [0.1, 0.15) is 18.3 Å². The van der Waals surface area contributed by atoms with Crippen molar-refractivity contribution in [1.82, 2.24) is 0 Å². The molecule has 1 aliphatic heterocycles. The number of aliphatic hydroxyl groups excluding tert-OH is 6. The van der Waals surface area contributed by atoms with Gasteiger partial charge in [-0.3, -0.25) is 0 Å². The van der Waals surface area contributed by atoms with Crippen molar-refractivity contribution in [2.24, 2.45) is 46.3 Å². The Morgan fingerprint density at radius 3 is 2.23 bits per heavy atom. The number of ether oxygens (including phenoxy) is 6. The van der Waals surface area contributed by atoms with Crippen LogP contribution in [0.4, 0.5) is 0 Å². The van der Waals surface area contributed by atoms with Crippen molar-refractivity contribution in [1.29, 1.82) is 0 Å². The molecule has 5 fully saturated rings. The van der Waals surface area contributed by atoms with Gasteiger partial charge in [-0.1, -0.05) is 32.4 Å².